The molecule has 1 aromatic rings. The van der Waals surface area contributed by atoms with Crippen molar-refractivity contribution in [1.29, 1.82) is 0 Å². The van der Waals surface area contributed by atoms with Gasteiger partial charge in [0.25, 0.3) is 0 Å². The van der Waals surface area contributed by atoms with E-state index >= 15 is 0 Å². The summed E-state index contributed by atoms with van der Waals surface area (Å²) in [5.74, 6) is -4.54. The van der Waals surface area contributed by atoms with Gasteiger partial charge in [0.2, 0.25) is 5.82 Å². The predicted molar refractivity (Wildman–Crippen MR) is 53.6 cm³/mol. The smallest absolute Gasteiger partial charge is 0.311 e. The fourth-order valence-corrected chi connectivity index (χ4v) is 1.56. The Hall–Kier alpha value is -1.65. The van der Waals surface area contributed by atoms with Crippen molar-refractivity contribution < 1.29 is 23.4 Å². The predicted octanol–water partition coefficient (Wildman–Crippen LogP) is 2.55. The third-order valence-corrected chi connectivity index (χ3v) is 2.37. The Balaban J connectivity index is 3.32. The number of carbonyl (C=O) groups is 1. The van der Waals surface area contributed by atoms with Gasteiger partial charge in [0, 0.05) is 5.56 Å². The molecule has 1 unspecified atom stereocenters. The molecule has 16 heavy (non-hydrogen) atoms. The molecule has 0 saturated carbocycles. The van der Waals surface area contributed by atoms with Crippen molar-refractivity contribution in [2.45, 2.75) is 19.3 Å². The highest BCUT2D eigenvalue weighted by molar-refractivity contribution is 5.77. The molecule has 1 atom stereocenters. The van der Waals surface area contributed by atoms with Crippen LogP contribution in [-0.2, 0) is 4.79 Å². The van der Waals surface area contributed by atoms with Gasteiger partial charge in [-0.1, -0.05) is 13.0 Å². The van der Waals surface area contributed by atoms with E-state index in [2.05, 4.69) is 0 Å². The van der Waals surface area contributed by atoms with Gasteiger partial charge in [-0.25, -0.2) is 4.39 Å². The first-order chi connectivity index (χ1) is 7.52. The molecule has 3 nitrogen and oxygen atoms in total. The summed E-state index contributed by atoms with van der Waals surface area (Å²) in [6.07, 6.45) is 0.275. The summed E-state index contributed by atoms with van der Waals surface area (Å²) in [7, 11) is 1.18. The molecule has 1 N–H and O–H groups in total. The lowest BCUT2D eigenvalue weighted by atomic mass is 9.95. The van der Waals surface area contributed by atoms with E-state index in [1.165, 1.54) is 13.2 Å². The monoisotopic (exact) mass is 230 g/mol. The van der Waals surface area contributed by atoms with Crippen LogP contribution in [0.4, 0.5) is 8.78 Å². The highest BCUT2D eigenvalue weighted by Gasteiger charge is 2.25. The molecule has 0 fully saturated rings. The van der Waals surface area contributed by atoms with Gasteiger partial charge < -0.3 is 9.84 Å². The quantitative estimate of drug-likeness (QED) is 0.864. The summed E-state index contributed by atoms with van der Waals surface area (Å²) >= 11 is 0. The largest absolute Gasteiger partial charge is 0.493 e. The standard InChI is InChI=1S/C11H12F2O3/c1-3-6(11(14)15)7-4-5-8(12)9(13)10(7)16-2/h4-6H,3H2,1-2H3,(H,14,15). The Morgan fingerprint density at radius 3 is 2.56 bits per heavy atom. The first kappa shape index (κ1) is 12.4. The van der Waals surface area contributed by atoms with Gasteiger partial charge in [0.15, 0.2) is 11.6 Å². The molecule has 0 aliphatic heterocycles. The second kappa shape index (κ2) is 4.92. The SMILES string of the molecule is CCC(C(=O)O)c1ccc(F)c(F)c1OC. The lowest BCUT2D eigenvalue weighted by Gasteiger charge is -2.15. The van der Waals surface area contributed by atoms with Crippen LogP contribution in [0.1, 0.15) is 24.8 Å². The molecule has 1 aromatic carbocycles. The van der Waals surface area contributed by atoms with Gasteiger partial charge in [-0.15, -0.1) is 0 Å². The third-order valence-electron chi connectivity index (χ3n) is 2.37. The summed E-state index contributed by atoms with van der Waals surface area (Å²) in [5, 5.41) is 8.94. The molecule has 0 aliphatic rings. The van der Waals surface area contributed by atoms with Crippen LogP contribution in [0.3, 0.4) is 0 Å². The first-order valence-corrected chi connectivity index (χ1v) is 4.77. The third kappa shape index (κ3) is 2.13. The van der Waals surface area contributed by atoms with E-state index in [0.29, 0.717) is 0 Å². The molecule has 0 heterocycles. The number of benzene rings is 1. The molecule has 0 aromatic heterocycles. The molecule has 1 rings (SSSR count). The Labute approximate surface area is 91.7 Å². The minimum atomic E-state index is -1.15. The molecular weight excluding hydrogens is 218 g/mol. The summed E-state index contributed by atoms with van der Waals surface area (Å²) < 4.78 is 31.0. The fourth-order valence-electron chi connectivity index (χ4n) is 1.56. The number of methoxy groups -OCH3 is 1. The van der Waals surface area contributed by atoms with Crippen LogP contribution in [-0.4, -0.2) is 18.2 Å². The van der Waals surface area contributed by atoms with Crippen LogP contribution >= 0.6 is 0 Å². The number of aliphatic carboxylic acids is 1. The van der Waals surface area contributed by atoms with Crippen LogP contribution in [0.2, 0.25) is 0 Å². The van der Waals surface area contributed by atoms with Crippen LogP contribution < -0.4 is 4.74 Å². The Morgan fingerprint density at radius 1 is 1.50 bits per heavy atom. The minimum absolute atomic E-state index is 0.149. The van der Waals surface area contributed by atoms with E-state index in [-0.39, 0.29) is 17.7 Å². The lowest BCUT2D eigenvalue weighted by molar-refractivity contribution is -0.138. The zero-order valence-corrected chi connectivity index (χ0v) is 8.96. The zero-order valence-electron chi connectivity index (χ0n) is 8.96. The number of rotatable bonds is 4. The molecule has 88 valence electrons. The van der Waals surface area contributed by atoms with E-state index in [4.69, 9.17) is 9.84 Å². The normalized spacial score (nSPS) is 12.2. The second-order valence-electron chi connectivity index (χ2n) is 3.28. The molecule has 0 amide bonds. The van der Waals surface area contributed by atoms with Gasteiger partial charge in [0.05, 0.1) is 13.0 Å². The van der Waals surface area contributed by atoms with E-state index in [1.54, 1.807) is 6.92 Å². The van der Waals surface area contributed by atoms with E-state index in [9.17, 15) is 13.6 Å². The summed E-state index contributed by atoms with van der Waals surface area (Å²) in [4.78, 5) is 10.9. The van der Waals surface area contributed by atoms with Crippen molar-refractivity contribution in [3.63, 3.8) is 0 Å². The van der Waals surface area contributed by atoms with E-state index < -0.39 is 23.5 Å². The molecule has 0 bridgehead atoms. The molecular formula is C11H12F2O3. The van der Waals surface area contributed by atoms with Crippen molar-refractivity contribution in [2.24, 2.45) is 0 Å². The van der Waals surface area contributed by atoms with Gasteiger partial charge in [-0.2, -0.15) is 4.39 Å². The number of carboxylic acid groups (broad SMARTS) is 1. The Kier molecular flexibility index (Phi) is 3.82. The van der Waals surface area contributed by atoms with Crippen LogP contribution in [0.25, 0.3) is 0 Å². The van der Waals surface area contributed by atoms with Crippen molar-refractivity contribution >= 4 is 5.97 Å². The topological polar surface area (TPSA) is 46.5 Å². The maximum absolute atomic E-state index is 13.3. The zero-order chi connectivity index (χ0) is 12.3. The minimum Gasteiger partial charge on any atom is -0.493 e. The first-order valence-electron chi connectivity index (χ1n) is 4.77. The van der Waals surface area contributed by atoms with Crippen molar-refractivity contribution in [3.05, 3.63) is 29.3 Å². The van der Waals surface area contributed by atoms with Crippen molar-refractivity contribution in [2.75, 3.05) is 7.11 Å². The number of ether oxygens (including phenoxy) is 1. The van der Waals surface area contributed by atoms with Gasteiger partial charge in [0.1, 0.15) is 0 Å². The molecule has 5 heteroatoms. The van der Waals surface area contributed by atoms with E-state index in [1.807, 2.05) is 0 Å². The average Bonchev–Trinajstić information content (AvgIpc) is 2.24. The molecule has 0 saturated heterocycles. The van der Waals surface area contributed by atoms with E-state index in [0.717, 1.165) is 6.07 Å². The summed E-state index contributed by atoms with van der Waals surface area (Å²) in [6.45, 7) is 1.65. The summed E-state index contributed by atoms with van der Waals surface area (Å²) in [6, 6.07) is 2.14. The number of halogens is 2. The van der Waals surface area contributed by atoms with Crippen LogP contribution in [0.15, 0.2) is 12.1 Å². The second-order valence-corrected chi connectivity index (χ2v) is 3.28. The Bertz CT molecular complexity index is 404. The fraction of sp³-hybridized carbons (Fsp3) is 0.364. The maximum atomic E-state index is 13.3. The van der Waals surface area contributed by atoms with Crippen molar-refractivity contribution in [3.8, 4) is 5.75 Å². The molecule has 0 spiro atoms. The number of hydrogen-bond donors (Lipinski definition) is 1. The molecule has 0 radical (unpaired) electrons. The number of hydrogen-bond acceptors (Lipinski definition) is 2. The highest BCUT2D eigenvalue weighted by atomic mass is 19.2. The van der Waals surface area contributed by atoms with Gasteiger partial charge >= 0.3 is 5.97 Å². The maximum Gasteiger partial charge on any atom is 0.311 e. The number of carboxylic acids is 1. The van der Waals surface area contributed by atoms with Crippen LogP contribution in [0.5, 0.6) is 5.75 Å². The van der Waals surface area contributed by atoms with Gasteiger partial charge in [-0.05, 0) is 12.5 Å². The average molecular weight is 230 g/mol. The van der Waals surface area contributed by atoms with Crippen LogP contribution in [0, 0.1) is 11.6 Å². The van der Waals surface area contributed by atoms with Gasteiger partial charge in [-0.3, -0.25) is 4.79 Å². The summed E-state index contributed by atoms with van der Waals surface area (Å²) in [5.41, 5.74) is 0.149. The highest BCUT2D eigenvalue weighted by Crippen LogP contribution is 2.32. The lowest BCUT2D eigenvalue weighted by Crippen LogP contribution is -2.12. The Morgan fingerprint density at radius 2 is 2.12 bits per heavy atom. The van der Waals surface area contributed by atoms with Crippen molar-refractivity contribution in [1.82, 2.24) is 0 Å². The molecule has 0 aliphatic carbocycles.